The van der Waals surface area contributed by atoms with Crippen molar-refractivity contribution >= 4 is 16.6 Å². The van der Waals surface area contributed by atoms with Gasteiger partial charge in [0, 0.05) is 50.4 Å². The summed E-state index contributed by atoms with van der Waals surface area (Å²) in [5.41, 5.74) is 2.12. The van der Waals surface area contributed by atoms with Crippen molar-refractivity contribution in [2.75, 3.05) is 32.3 Å². The van der Waals surface area contributed by atoms with Gasteiger partial charge in [-0.3, -0.25) is 9.97 Å². The lowest BCUT2D eigenvalue weighted by Gasteiger charge is -2.26. The topological polar surface area (TPSA) is 47.5 Å². The lowest BCUT2D eigenvalue weighted by atomic mass is 10.2. The van der Waals surface area contributed by atoms with Crippen LogP contribution in [0.1, 0.15) is 6.42 Å². The van der Waals surface area contributed by atoms with Crippen molar-refractivity contribution in [3.8, 4) is 0 Å². The molecule has 1 aliphatic rings. The van der Waals surface area contributed by atoms with Gasteiger partial charge < -0.3 is 14.4 Å². The molecule has 0 aliphatic carbocycles. The SMILES string of the molecule is COC[C@@H]1C[C@@H](OC)CN1c1ccnc2ccncc12. The number of aromatic nitrogens is 2. The van der Waals surface area contributed by atoms with E-state index >= 15 is 0 Å². The number of anilines is 1. The lowest BCUT2D eigenvalue weighted by molar-refractivity contribution is 0.111. The summed E-state index contributed by atoms with van der Waals surface area (Å²) in [5.74, 6) is 0. The zero-order chi connectivity index (χ0) is 13.9. The summed E-state index contributed by atoms with van der Waals surface area (Å²) < 4.78 is 10.9. The van der Waals surface area contributed by atoms with Crippen LogP contribution in [0.2, 0.25) is 0 Å². The van der Waals surface area contributed by atoms with Crippen molar-refractivity contribution in [3.63, 3.8) is 0 Å². The molecule has 0 spiro atoms. The molecule has 0 aromatic carbocycles. The zero-order valence-corrected chi connectivity index (χ0v) is 11.8. The molecular formula is C15H19N3O2. The maximum atomic E-state index is 5.52. The Morgan fingerprint density at radius 2 is 2.20 bits per heavy atom. The minimum atomic E-state index is 0.245. The van der Waals surface area contributed by atoms with E-state index in [9.17, 15) is 0 Å². The summed E-state index contributed by atoms with van der Waals surface area (Å²) in [6.45, 7) is 1.57. The Labute approximate surface area is 118 Å². The highest BCUT2D eigenvalue weighted by atomic mass is 16.5. The summed E-state index contributed by atoms with van der Waals surface area (Å²) in [7, 11) is 3.51. The Balaban J connectivity index is 2.00. The molecule has 2 atom stereocenters. The Morgan fingerprint density at radius 1 is 1.30 bits per heavy atom. The Morgan fingerprint density at radius 3 is 3.00 bits per heavy atom. The second kappa shape index (κ2) is 5.73. The third kappa shape index (κ3) is 2.34. The lowest BCUT2D eigenvalue weighted by Crippen LogP contribution is -2.33. The minimum absolute atomic E-state index is 0.245. The second-order valence-corrected chi connectivity index (χ2v) is 5.08. The van der Waals surface area contributed by atoms with Crippen molar-refractivity contribution in [1.29, 1.82) is 0 Å². The predicted molar refractivity (Wildman–Crippen MR) is 78.0 cm³/mol. The fourth-order valence-corrected chi connectivity index (χ4v) is 2.92. The van der Waals surface area contributed by atoms with Crippen LogP contribution in [0.5, 0.6) is 0 Å². The highest BCUT2D eigenvalue weighted by Crippen LogP contribution is 2.31. The summed E-state index contributed by atoms with van der Waals surface area (Å²) in [5, 5.41) is 1.08. The van der Waals surface area contributed by atoms with Crippen molar-refractivity contribution in [3.05, 3.63) is 30.7 Å². The molecule has 0 unspecified atom stereocenters. The van der Waals surface area contributed by atoms with Crippen LogP contribution in [0, 0.1) is 0 Å². The summed E-state index contributed by atoms with van der Waals surface area (Å²) in [6, 6.07) is 4.31. The molecule has 106 valence electrons. The summed E-state index contributed by atoms with van der Waals surface area (Å²) in [6.07, 6.45) is 6.72. The van der Waals surface area contributed by atoms with Crippen molar-refractivity contribution in [1.82, 2.24) is 9.97 Å². The maximum Gasteiger partial charge on any atom is 0.0766 e. The first-order valence-corrected chi connectivity index (χ1v) is 6.80. The highest BCUT2D eigenvalue weighted by Gasteiger charge is 2.33. The first kappa shape index (κ1) is 13.3. The van der Waals surface area contributed by atoms with Gasteiger partial charge in [0.25, 0.3) is 0 Å². The van der Waals surface area contributed by atoms with Crippen molar-refractivity contribution < 1.29 is 9.47 Å². The fraction of sp³-hybridized carbons (Fsp3) is 0.467. The Hall–Kier alpha value is -1.72. The van der Waals surface area contributed by atoms with Gasteiger partial charge in [-0.2, -0.15) is 0 Å². The van der Waals surface area contributed by atoms with E-state index in [0.717, 1.165) is 29.6 Å². The van der Waals surface area contributed by atoms with Crippen LogP contribution < -0.4 is 4.90 Å². The second-order valence-electron chi connectivity index (χ2n) is 5.08. The Bertz CT molecular complexity index is 585. The number of rotatable bonds is 4. The molecule has 2 aromatic rings. The van der Waals surface area contributed by atoms with Crippen LogP contribution in [-0.2, 0) is 9.47 Å². The minimum Gasteiger partial charge on any atom is -0.383 e. The molecule has 1 aliphatic heterocycles. The average molecular weight is 273 g/mol. The molecule has 0 bridgehead atoms. The number of pyridine rings is 2. The van der Waals surface area contributed by atoms with E-state index in [2.05, 4.69) is 14.9 Å². The molecule has 2 aromatic heterocycles. The Kier molecular flexibility index (Phi) is 3.80. The highest BCUT2D eigenvalue weighted by molar-refractivity contribution is 5.91. The largest absolute Gasteiger partial charge is 0.383 e. The smallest absolute Gasteiger partial charge is 0.0766 e. The van der Waals surface area contributed by atoms with E-state index in [4.69, 9.17) is 9.47 Å². The first-order valence-electron chi connectivity index (χ1n) is 6.80. The molecule has 1 fully saturated rings. The predicted octanol–water partition coefficient (Wildman–Crippen LogP) is 1.87. The van der Waals surface area contributed by atoms with Gasteiger partial charge in [0.1, 0.15) is 0 Å². The summed E-state index contributed by atoms with van der Waals surface area (Å²) >= 11 is 0. The molecule has 1 saturated heterocycles. The normalized spacial score (nSPS) is 22.6. The van der Waals surface area contributed by atoms with Crippen molar-refractivity contribution in [2.24, 2.45) is 0 Å². The number of hydrogen-bond acceptors (Lipinski definition) is 5. The monoisotopic (exact) mass is 273 g/mol. The van der Waals surface area contributed by atoms with E-state index in [-0.39, 0.29) is 6.10 Å². The third-order valence-corrected chi connectivity index (χ3v) is 3.90. The molecular weight excluding hydrogens is 254 g/mol. The van der Waals surface area contributed by atoms with E-state index < -0.39 is 0 Å². The van der Waals surface area contributed by atoms with E-state index in [0.29, 0.717) is 12.6 Å². The van der Waals surface area contributed by atoms with Gasteiger partial charge in [0.05, 0.1) is 24.3 Å². The molecule has 20 heavy (non-hydrogen) atoms. The van der Waals surface area contributed by atoms with Crippen LogP contribution in [0.3, 0.4) is 0 Å². The third-order valence-electron chi connectivity index (χ3n) is 3.90. The van der Waals surface area contributed by atoms with E-state index in [1.807, 2.05) is 24.5 Å². The van der Waals surface area contributed by atoms with Crippen LogP contribution in [0.15, 0.2) is 30.7 Å². The van der Waals surface area contributed by atoms with Gasteiger partial charge >= 0.3 is 0 Å². The van der Waals surface area contributed by atoms with E-state index in [1.54, 1.807) is 20.4 Å². The molecule has 5 heteroatoms. The fourth-order valence-electron chi connectivity index (χ4n) is 2.92. The van der Waals surface area contributed by atoms with Crippen LogP contribution >= 0.6 is 0 Å². The maximum absolute atomic E-state index is 5.52. The van der Waals surface area contributed by atoms with Gasteiger partial charge in [-0.05, 0) is 18.6 Å². The number of hydrogen-bond donors (Lipinski definition) is 0. The molecule has 5 nitrogen and oxygen atoms in total. The van der Waals surface area contributed by atoms with Gasteiger partial charge in [0.15, 0.2) is 0 Å². The molecule has 0 saturated carbocycles. The number of methoxy groups -OCH3 is 2. The van der Waals surface area contributed by atoms with Crippen LogP contribution in [0.25, 0.3) is 10.9 Å². The first-order chi connectivity index (χ1) is 9.83. The molecule has 3 heterocycles. The number of fused-ring (bicyclic) bond motifs is 1. The summed E-state index contributed by atoms with van der Waals surface area (Å²) in [4.78, 5) is 11.0. The molecule has 0 radical (unpaired) electrons. The van der Waals surface area contributed by atoms with Gasteiger partial charge in [0.2, 0.25) is 0 Å². The zero-order valence-electron chi connectivity index (χ0n) is 11.8. The van der Waals surface area contributed by atoms with Crippen LogP contribution in [0.4, 0.5) is 5.69 Å². The molecule has 3 rings (SSSR count). The van der Waals surface area contributed by atoms with Gasteiger partial charge in [-0.25, -0.2) is 0 Å². The standard InChI is InChI=1S/C15H19N3O2/c1-19-10-11-7-12(20-2)9-18(11)15-4-6-17-14-3-5-16-8-13(14)15/h3-6,8,11-12H,7,9-10H2,1-2H3/t11-,12+/m0/s1. The van der Waals surface area contributed by atoms with Gasteiger partial charge in [-0.1, -0.05) is 0 Å². The molecule has 0 N–H and O–H groups in total. The van der Waals surface area contributed by atoms with Crippen LogP contribution in [-0.4, -0.2) is 49.5 Å². The number of nitrogens with zero attached hydrogens (tertiary/aromatic N) is 3. The molecule has 0 amide bonds. The average Bonchev–Trinajstić information content (AvgIpc) is 2.90. The van der Waals surface area contributed by atoms with Crippen molar-refractivity contribution in [2.45, 2.75) is 18.6 Å². The van der Waals surface area contributed by atoms with E-state index in [1.165, 1.54) is 0 Å². The number of ether oxygens (including phenoxy) is 2. The van der Waals surface area contributed by atoms with Gasteiger partial charge in [-0.15, -0.1) is 0 Å². The quantitative estimate of drug-likeness (QED) is 0.851.